The van der Waals surface area contributed by atoms with Crippen molar-refractivity contribution in [1.29, 1.82) is 0 Å². The number of hydrogen-bond acceptors (Lipinski definition) is 4. The van der Waals surface area contributed by atoms with Crippen molar-refractivity contribution in [3.8, 4) is 0 Å². The van der Waals surface area contributed by atoms with Crippen LogP contribution in [0.1, 0.15) is 31.4 Å². The Morgan fingerprint density at radius 3 is 2.94 bits per heavy atom. The monoisotopic (exact) mass is 222 g/mol. The van der Waals surface area contributed by atoms with Crippen molar-refractivity contribution in [2.75, 3.05) is 18.1 Å². The molecule has 0 amide bonds. The number of aliphatic hydroxyl groups is 2. The Morgan fingerprint density at radius 1 is 1.56 bits per heavy atom. The molecule has 4 nitrogen and oxygen atoms in total. The van der Waals surface area contributed by atoms with Gasteiger partial charge in [-0.2, -0.15) is 0 Å². The quantitative estimate of drug-likeness (QED) is 0.804. The molecule has 1 aliphatic rings. The van der Waals surface area contributed by atoms with Crippen LogP contribution in [0.3, 0.4) is 0 Å². The maximum absolute atomic E-state index is 9.38. The predicted molar refractivity (Wildman–Crippen MR) is 62.3 cm³/mol. The SMILES string of the molecule is C[C@@H](O)c1ccc(N2CCCC2CO)nc1. The lowest BCUT2D eigenvalue weighted by Crippen LogP contribution is -2.32. The lowest BCUT2D eigenvalue weighted by atomic mass is 10.2. The highest BCUT2D eigenvalue weighted by atomic mass is 16.3. The van der Waals surface area contributed by atoms with Crippen LogP contribution in [-0.2, 0) is 0 Å². The van der Waals surface area contributed by atoms with Gasteiger partial charge in [0, 0.05) is 12.7 Å². The molecule has 1 fully saturated rings. The molecular weight excluding hydrogens is 204 g/mol. The van der Waals surface area contributed by atoms with Gasteiger partial charge in [-0.1, -0.05) is 6.07 Å². The van der Waals surface area contributed by atoms with Crippen LogP contribution in [0.5, 0.6) is 0 Å². The fraction of sp³-hybridized carbons (Fsp3) is 0.583. The summed E-state index contributed by atoms with van der Waals surface area (Å²) < 4.78 is 0. The topological polar surface area (TPSA) is 56.6 Å². The first-order valence-corrected chi connectivity index (χ1v) is 5.74. The van der Waals surface area contributed by atoms with Crippen molar-refractivity contribution in [2.45, 2.75) is 31.9 Å². The van der Waals surface area contributed by atoms with Crippen molar-refractivity contribution < 1.29 is 10.2 Å². The number of rotatable bonds is 3. The third-order valence-electron chi connectivity index (χ3n) is 3.14. The highest BCUT2D eigenvalue weighted by Gasteiger charge is 2.24. The third-order valence-corrected chi connectivity index (χ3v) is 3.14. The summed E-state index contributed by atoms with van der Waals surface area (Å²) in [7, 11) is 0. The second kappa shape index (κ2) is 4.80. The summed E-state index contributed by atoms with van der Waals surface area (Å²) in [4.78, 5) is 6.47. The van der Waals surface area contributed by atoms with Gasteiger partial charge >= 0.3 is 0 Å². The largest absolute Gasteiger partial charge is 0.394 e. The van der Waals surface area contributed by atoms with Crippen LogP contribution >= 0.6 is 0 Å². The second-order valence-corrected chi connectivity index (χ2v) is 4.30. The minimum atomic E-state index is -0.478. The number of nitrogens with zero attached hydrogens (tertiary/aromatic N) is 2. The summed E-state index contributed by atoms with van der Waals surface area (Å²) in [5, 5.41) is 18.6. The van der Waals surface area contributed by atoms with Crippen LogP contribution in [0, 0.1) is 0 Å². The van der Waals surface area contributed by atoms with Crippen LogP contribution in [-0.4, -0.2) is 34.4 Å². The van der Waals surface area contributed by atoms with Gasteiger partial charge in [0.25, 0.3) is 0 Å². The molecule has 0 bridgehead atoms. The molecule has 1 aromatic rings. The fourth-order valence-corrected chi connectivity index (χ4v) is 2.14. The molecule has 4 heteroatoms. The number of aliphatic hydroxyl groups excluding tert-OH is 2. The Balaban J connectivity index is 2.15. The van der Waals surface area contributed by atoms with Gasteiger partial charge in [-0.05, 0) is 31.4 Å². The maximum atomic E-state index is 9.38. The molecule has 1 unspecified atom stereocenters. The van der Waals surface area contributed by atoms with Gasteiger partial charge in [0.2, 0.25) is 0 Å². The lowest BCUT2D eigenvalue weighted by molar-refractivity contribution is 0.199. The van der Waals surface area contributed by atoms with Gasteiger partial charge in [0.15, 0.2) is 0 Å². The fourth-order valence-electron chi connectivity index (χ4n) is 2.14. The molecule has 0 aliphatic carbocycles. The standard InChI is InChI=1S/C12H18N2O2/c1-9(16)10-4-5-12(13-7-10)14-6-2-3-11(14)8-15/h4-5,7,9,11,15-16H,2-3,6,8H2,1H3/t9-,11?/m1/s1. The average molecular weight is 222 g/mol. The molecule has 0 spiro atoms. The molecule has 0 saturated carbocycles. The molecule has 1 aromatic heterocycles. The zero-order valence-corrected chi connectivity index (χ0v) is 9.50. The number of hydrogen-bond donors (Lipinski definition) is 2. The molecule has 1 aliphatic heterocycles. The van der Waals surface area contributed by atoms with Gasteiger partial charge in [0.05, 0.1) is 18.8 Å². The smallest absolute Gasteiger partial charge is 0.128 e. The molecule has 1 saturated heterocycles. The van der Waals surface area contributed by atoms with Crippen LogP contribution in [0.4, 0.5) is 5.82 Å². The average Bonchev–Trinajstić information content (AvgIpc) is 2.77. The summed E-state index contributed by atoms with van der Waals surface area (Å²) >= 11 is 0. The van der Waals surface area contributed by atoms with E-state index in [0.717, 1.165) is 30.8 Å². The molecule has 2 atom stereocenters. The summed E-state index contributed by atoms with van der Waals surface area (Å²) in [6.45, 7) is 2.86. The molecule has 88 valence electrons. The van der Waals surface area contributed by atoms with Crippen LogP contribution in [0.15, 0.2) is 18.3 Å². The van der Waals surface area contributed by atoms with Crippen molar-refractivity contribution in [3.63, 3.8) is 0 Å². The minimum Gasteiger partial charge on any atom is -0.394 e. The Morgan fingerprint density at radius 2 is 2.38 bits per heavy atom. The number of pyridine rings is 1. The van der Waals surface area contributed by atoms with E-state index >= 15 is 0 Å². The first kappa shape index (κ1) is 11.4. The molecule has 2 heterocycles. The highest BCUT2D eigenvalue weighted by Crippen LogP contribution is 2.24. The normalized spacial score (nSPS) is 22.4. The van der Waals surface area contributed by atoms with Crippen LogP contribution in [0.25, 0.3) is 0 Å². The number of anilines is 1. The maximum Gasteiger partial charge on any atom is 0.128 e. The first-order chi connectivity index (χ1) is 7.72. The van der Waals surface area contributed by atoms with E-state index in [4.69, 9.17) is 0 Å². The van der Waals surface area contributed by atoms with Gasteiger partial charge in [-0.3, -0.25) is 0 Å². The summed E-state index contributed by atoms with van der Waals surface area (Å²) in [5.74, 6) is 0.890. The Hall–Kier alpha value is -1.13. The minimum absolute atomic E-state index is 0.180. The zero-order valence-electron chi connectivity index (χ0n) is 9.50. The summed E-state index contributed by atoms with van der Waals surface area (Å²) in [6.07, 6.45) is 3.35. The van der Waals surface area contributed by atoms with E-state index < -0.39 is 6.10 Å². The van der Waals surface area contributed by atoms with E-state index in [2.05, 4.69) is 9.88 Å². The van der Waals surface area contributed by atoms with Crippen LogP contribution in [0.2, 0.25) is 0 Å². The Bertz CT molecular complexity index is 337. The molecule has 16 heavy (non-hydrogen) atoms. The van der Waals surface area contributed by atoms with Crippen molar-refractivity contribution in [1.82, 2.24) is 4.98 Å². The molecule has 0 aromatic carbocycles. The van der Waals surface area contributed by atoms with E-state index in [1.807, 2.05) is 12.1 Å². The molecular formula is C12H18N2O2. The van der Waals surface area contributed by atoms with E-state index in [1.165, 1.54) is 0 Å². The summed E-state index contributed by atoms with van der Waals surface area (Å²) in [6, 6.07) is 4.00. The predicted octanol–water partition coefficient (Wildman–Crippen LogP) is 1.10. The third kappa shape index (κ3) is 2.18. The van der Waals surface area contributed by atoms with Gasteiger partial charge in [0.1, 0.15) is 5.82 Å². The van der Waals surface area contributed by atoms with Crippen molar-refractivity contribution in [2.24, 2.45) is 0 Å². The Labute approximate surface area is 95.5 Å². The zero-order chi connectivity index (χ0) is 11.5. The van der Waals surface area contributed by atoms with Gasteiger partial charge in [-0.15, -0.1) is 0 Å². The molecule has 2 N–H and O–H groups in total. The number of aromatic nitrogens is 1. The second-order valence-electron chi connectivity index (χ2n) is 4.30. The molecule has 2 rings (SSSR count). The molecule has 0 radical (unpaired) electrons. The van der Waals surface area contributed by atoms with E-state index in [1.54, 1.807) is 13.1 Å². The summed E-state index contributed by atoms with van der Waals surface area (Å²) in [5.41, 5.74) is 0.823. The lowest BCUT2D eigenvalue weighted by Gasteiger charge is -2.24. The van der Waals surface area contributed by atoms with E-state index in [-0.39, 0.29) is 12.6 Å². The van der Waals surface area contributed by atoms with Gasteiger partial charge < -0.3 is 15.1 Å². The van der Waals surface area contributed by atoms with E-state index in [0.29, 0.717) is 0 Å². The van der Waals surface area contributed by atoms with E-state index in [9.17, 15) is 10.2 Å². The first-order valence-electron chi connectivity index (χ1n) is 5.74. The highest BCUT2D eigenvalue weighted by molar-refractivity contribution is 5.42. The Kier molecular flexibility index (Phi) is 3.41. The van der Waals surface area contributed by atoms with Gasteiger partial charge in [-0.25, -0.2) is 4.98 Å². The van der Waals surface area contributed by atoms with Crippen LogP contribution < -0.4 is 4.90 Å². The van der Waals surface area contributed by atoms with Crippen molar-refractivity contribution in [3.05, 3.63) is 23.9 Å². The van der Waals surface area contributed by atoms with Crippen molar-refractivity contribution >= 4 is 5.82 Å².